The normalized spacial score (nSPS) is 11.9. The van der Waals surface area contributed by atoms with Crippen LogP contribution in [0.15, 0.2) is 55.0 Å². The maximum absolute atomic E-state index is 12.2. The highest BCUT2D eigenvalue weighted by Gasteiger charge is 2.15. The minimum absolute atomic E-state index is 0.115. The molecule has 1 amide bonds. The highest BCUT2D eigenvalue weighted by Crippen LogP contribution is 2.27. The number of aromatic nitrogens is 4. The third-order valence-electron chi connectivity index (χ3n) is 5.44. The van der Waals surface area contributed by atoms with E-state index < -0.39 is 0 Å². The largest absolute Gasteiger partial charge is 0.369 e. The zero-order chi connectivity index (χ0) is 22.7. The quantitative estimate of drug-likeness (QED) is 0.478. The van der Waals surface area contributed by atoms with Gasteiger partial charge in [0.2, 0.25) is 0 Å². The van der Waals surface area contributed by atoms with Crippen molar-refractivity contribution in [1.29, 1.82) is 0 Å². The summed E-state index contributed by atoms with van der Waals surface area (Å²) < 4.78 is 0. The number of nitrogens with zero attached hydrogens (tertiary/aromatic N) is 4. The van der Waals surface area contributed by atoms with E-state index in [-0.39, 0.29) is 11.8 Å². The molecule has 3 heterocycles. The second-order valence-corrected chi connectivity index (χ2v) is 7.89. The SMILES string of the molecule is CNC(=O)c1ccnc2c([C@H](C)CNc3cc(-c4cc(C)nc(C)c4)ncn3)cccc12. The van der Waals surface area contributed by atoms with Crippen LogP contribution in [0.4, 0.5) is 5.82 Å². The Morgan fingerprint density at radius 1 is 1.03 bits per heavy atom. The first kappa shape index (κ1) is 21.4. The van der Waals surface area contributed by atoms with Crippen molar-refractivity contribution in [1.82, 2.24) is 25.3 Å². The summed E-state index contributed by atoms with van der Waals surface area (Å²) in [4.78, 5) is 30.0. The van der Waals surface area contributed by atoms with Crippen molar-refractivity contribution < 1.29 is 4.79 Å². The first-order chi connectivity index (χ1) is 15.5. The van der Waals surface area contributed by atoms with Crippen LogP contribution < -0.4 is 10.6 Å². The van der Waals surface area contributed by atoms with Gasteiger partial charge in [0.05, 0.1) is 16.8 Å². The Labute approximate surface area is 187 Å². The van der Waals surface area contributed by atoms with Crippen LogP contribution in [0, 0.1) is 13.8 Å². The van der Waals surface area contributed by atoms with Crippen molar-refractivity contribution in [2.75, 3.05) is 18.9 Å². The number of carbonyl (C=O) groups excluding carboxylic acids is 1. The summed E-state index contributed by atoms with van der Waals surface area (Å²) >= 11 is 0. The molecule has 0 unspecified atom stereocenters. The van der Waals surface area contributed by atoms with Gasteiger partial charge in [-0.3, -0.25) is 14.8 Å². The van der Waals surface area contributed by atoms with Gasteiger partial charge in [0.15, 0.2) is 0 Å². The Kier molecular flexibility index (Phi) is 6.07. The lowest BCUT2D eigenvalue weighted by Gasteiger charge is -2.16. The standard InChI is InChI=1S/C25H26N6O/c1-15(19-6-5-7-20-21(25(32)26-4)8-9-27-24(19)20)13-28-23-12-22(29-14-30-23)18-10-16(2)31-17(3)11-18/h5-12,14-15H,13H2,1-4H3,(H,26,32)(H,28,29,30)/t15-/m1/s1. The van der Waals surface area contributed by atoms with Gasteiger partial charge < -0.3 is 10.6 Å². The monoisotopic (exact) mass is 426 g/mol. The van der Waals surface area contributed by atoms with E-state index in [1.54, 1.807) is 25.6 Å². The molecule has 0 spiro atoms. The lowest BCUT2D eigenvalue weighted by Crippen LogP contribution is -2.18. The van der Waals surface area contributed by atoms with Gasteiger partial charge in [-0.2, -0.15) is 0 Å². The molecule has 0 aliphatic carbocycles. The van der Waals surface area contributed by atoms with E-state index in [0.717, 1.165) is 44.9 Å². The van der Waals surface area contributed by atoms with Gasteiger partial charge in [-0.05, 0) is 37.6 Å². The average Bonchev–Trinajstić information content (AvgIpc) is 2.80. The molecule has 0 saturated carbocycles. The summed E-state index contributed by atoms with van der Waals surface area (Å²) in [6.07, 6.45) is 3.26. The number of hydrogen-bond acceptors (Lipinski definition) is 6. The van der Waals surface area contributed by atoms with Crippen molar-refractivity contribution in [3.05, 3.63) is 77.5 Å². The highest BCUT2D eigenvalue weighted by atomic mass is 16.1. The maximum Gasteiger partial charge on any atom is 0.251 e. The number of carbonyl (C=O) groups is 1. The third-order valence-corrected chi connectivity index (χ3v) is 5.44. The fraction of sp³-hybridized carbons (Fsp3) is 0.240. The molecular formula is C25H26N6O. The Morgan fingerprint density at radius 3 is 2.56 bits per heavy atom. The van der Waals surface area contributed by atoms with Gasteiger partial charge in [-0.1, -0.05) is 25.1 Å². The van der Waals surface area contributed by atoms with Crippen molar-refractivity contribution in [3.63, 3.8) is 0 Å². The molecule has 7 heteroatoms. The van der Waals surface area contributed by atoms with Crippen molar-refractivity contribution in [2.24, 2.45) is 0 Å². The fourth-order valence-corrected chi connectivity index (χ4v) is 3.89. The third kappa shape index (κ3) is 4.42. The molecule has 1 aromatic carbocycles. The number of amides is 1. The maximum atomic E-state index is 12.2. The Hall–Kier alpha value is -3.87. The van der Waals surface area contributed by atoms with Crippen LogP contribution in [0.1, 0.15) is 40.2 Å². The fourth-order valence-electron chi connectivity index (χ4n) is 3.89. The molecule has 32 heavy (non-hydrogen) atoms. The first-order valence-electron chi connectivity index (χ1n) is 10.6. The second kappa shape index (κ2) is 9.09. The van der Waals surface area contributed by atoms with Crippen LogP contribution in [0.2, 0.25) is 0 Å². The topological polar surface area (TPSA) is 92.7 Å². The number of pyridine rings is 2. The number of rotatable bonds is 6. The van der Waals surface area contributed by atoms with E-state index in [0.29, 0.717) is 12.1 Å². The molecule has 0 fully saturated rings. The van der Waals surface area contributed by atoms with Crippen LogP contribution in [0.25, 0.3) is 22.2 Å². The summed E-state index contributed by atoms with van der Waals surface area (Å²) in [5.41, 5.74) is 6.34. The molecule has 7 nitrogen and oxygen atoms in total. The molecule has 4 aromatic rings. The molecular weight excluding hydrogens is 400 g/mol. The van der Waals surface area contributed by atoms with Gasteiger partial charge in [0, 0.05) is 54.1 Å². The predicted molar refractivity (Wildman–Crippen MR) is 127 cm³/mol. The Balaban J connectivity index is 1.56. The predicted octanol–water partition coefficient (Wildman–Crippen LogP) is 4.28. The van der Waals surface area contributed by atoms with Gasteiger partial charge in [0.25, 0.3) is 5.91 Å². The minimum atomic E-state index is -0.115. The van der Waals surface area contributed by atoms with E-state index in [1.807, 2.05) is 44.2 Å². The number of para-hydroxylation sites is 1. The lowest BCUT2D eigenvalue weighted by atomic mass is 9.96. The van der Waals surface area contributed by atoms with Crippen LogP contribution in [0.3, 0.4) is 0 Å². The smallest absolute Gasteiger partial charge is 0.251 e. The van der Waals surface area contributed by atoms with Gasteiger partial charge in [0.1, 0.15) is 12.1 Å². The highest BCUT2D eigenvalue weighted by molar-refractivity contribution is 6.06. The molecule has 0 radical (unpaired) electrons. The number of aryl methyl sites for hydroxylation is 2. The Morgan fingerprint density at radius 2 is 1.81 bits per heavy atom. The van der Waals surface area contributed by atoms with Crippen LogP contribution in [-0.4, -0.2) is 39.4 Å². The first-order valence-corrected chi connectivity index (χ1v) is 10.6. The molecule has 4 rings (SSSR count). The summed E-state index contributed by atoms with van der Waals surface area (Å²) in [5, 5.41) is 6.97. The summed E-state index contributed by atoms with van der Waals surface area (Å²) in [5.74, 6) is 0.790. The summed E-state index contributed by atoms with van der Waals surface area (Å²) in [6.45, 7) is 6.75. The van der Waals surface area contributed by atoms with E-state index >= 15 is 0 Å². The van der Waals surface area contributed by atoms with Gasteiger partial charge in [-0.25, -0.2) is 9.97 Å². The summed E-state index contributed by atoms with van der Waals surface area (Å²) in [7, 11) is 1.63. The molecule has 0 aliphatic rings. The molecule has 0 aliphatic heterocycles. The number of nitrogens with one attached hydrogen (secondary N) is 2. The number of benzene rings is 1. The van der Waals surface area contributed by atoms with E-state index in [9.17, 15) is 4.79 Å². The lowest BCUT2D eigenvalue weighted by molar-refractivity contribution is 0.0964. The zero-order valence-electron chi connectivity index (χ0n) is 18.7. The molecule has 162 valence electrons. The van der Waals surface area contributed by atoms with E-state index in [4.69, 9.17) is 0 Å². The molecule has 3 aromatic heterocycles. The number of hydrogen-bond donors (Lipinski definition) is 2. The van der Waals surface area contributed by atoms with Crippen molar-refractivity contribution >= 4 is 22.6 Å². The zero-order valence-corrected chi connectivity index (χ0v) is 18.7. The molecule has 2 N–H and O–H groups in total. The molecule has 0 saturated heterocycles. The Bertz CT molecular complexity index is 1270. The molecule has 1 atom stereocenters. The van der Waals surface area contributed by atoms with Crippen LogP contribution >= 0.6 is 0 Å². The van der Waals surface area contributed by atoms with E-state index in [2.05, 4.69) is 43.6 Å². The molecule has 0 bridgehead atoms. The van der Waals surface area contributed by atoms with Crippen molar-refractivity contribution in [3.8, 4) is 11.3 Å². The number of anilines is 1. The number of fused-ring (bicyclic) bond motifs is 1. The second-order valence-electron chi connectivity index (χ2n) is 7.89. The summed E-state index contributed by atoms with van der Waals surface area (Å²) in [6, 6.07) is 13.7. The van der Waals surface area contributed by atoms with Gasteiger partial charge >= 0.3 is 0 Å². The van der Waals surface area contributed by atoms with Crippen LogP contribution in [-0.2, 0) is 0 Å². The van der Waals surface area contributed by atoms with E-state index in [1.165, 1.54) is 0 Å². The minimum Gasteiger partial charge on any atom is -0.369 e. The van der Waals surface area contributed by atoms with Crippen LogP contribution in [0.5, 0.6) is 0 Å². The average molecular weight is 427 g/mol. The van der Waals surface area contributed by atoms with Gasteiger partial charge in [-0.15, -0.1) is 0 Å². The van der Waals surface area contributed by atoms with Crippen molar-refractivity contribution in [2.45, 2.75) is 26.7 Å².